The Morgan fingerprint density at radius 3 is 1.44 bits per heavy atom. The second kappa shape index (κ2) is 16.0. The van der Waals surface area contributed by atoms with Crippen molar-refractivity contribution in [2.45, 2.75) is 105 Å². The smallest absolute Gasteiger partial charge is 0.313 e. The predicted octanol–water partition coefficient (Wildman–Crippen LogP) is 9.23. The highest BCUT2D eigenvalue weighted by Crippen LogP contribution is 2.32. The Morgan fingerprint density at radius 1 is 0.673 bits per heavy atom. The first-order chi connectivity index (χ1) is 24.7. The summed E-state index contributed by atoms with van der Waals surface area (Å²) in [4.78, 5) is 52.5. The van der Waals surface area contributed by atoms with Crippen molar-refractivity contribution in [3.8, 4) is 0 Å². The van der Waals surface area contributed by atoms with Gasteiger partial charge >= 0.3 is 11.9 Å². The van der Waals surface area contributed by atoms with Gasteiger partial charge in [-0.05, 0) is 117 Å². The molecule has 2 unspecified atom stereocenters. The number of ether oxygens (including phenoxy) is 1. The van der Waals surface area contributed by atoms with E-state index in [4.69, 9.17) is 9.84 Å². The number of carbonyl (C=O) groups is 4. The SMILES string of the molecule is CCCc1ccc2c(c1)C(=O)N(c1ccc(C(C)C(=O)O)cc1)C2.CCCc1ccc2c(c1)C(=O)N(c1ccc(C(C)C(=O)OC(C)(C)C)cc1)C2. The van der Waals surface area contributed by atoms with Crippen LogP contribution in [0.3, 0.4) is 0 Å². The molecule has 0 radical (unpaired) electrons. The Kier molecular flexibility index (Phi) is 11.7. The predicted molar refractivity (Wildman–Crippen MR) is 205 cm³/mol. The number of esters is 1. The summed E-state index contributed by atoms with van der Waals surface area (Å²) in [6.45, 7) is 14.5. The van der Waals surface area contributed by atoms with Gasteiger partial charge in [-0.1, -0.05) is 75.2 Å². The van der Waals surface area contributed by atoms with Crippen LogP contribution in [0.5, 0.6) is 0 Å². The number of hydrogen-bond acceptors (Lipinski definition) is 5. The van der Waals surface area contributed by atoms with Crippen LogP contribution < -0.4 is 9.80 Å². The molecule has 8 heteroatoms. The molecule has 8 nitrogen and oxygen atoms in total. The number of hydrogen-bond donors (Lipinski definition) is 1. The highest BCUT2D eigenvalue weighted by Gasteiger charge is 2.30. The standard InChI is InChI=1S/C24H29NO3.C20H21NO3/c1-6-7-17-8-9-19-15-25(22(26)21(19)14-17)20-12-10-18(11-13-20)16(2)23(27)28-24(3,4)5;1-3-4-14-5-6-16-12-21(19(22)18(16)11-14)17-9-7-15(8-10-17)13(2)20(23)24/h8-14,16H,6-7,15H2,1-5H3;5-11,13H,3-4,12H2,1-2H3,(H,23,24). The number of carboxylic acids is 1. The van der Waals surface area contributed by atoms with E-state index < -0.39 is 17.5 Å². The molecule has 2 aliphatic rings. The minimum absolute atomic E-state index is 0.0157. The molecule has 52 heavy (non-hydrogen) atoms. The van der Waals surface area contributed by atoms with E-state index in [2.05, 4.69) is 32.0 Å². The lowest BCUT2D eigenvalue weighted by atomic mass is 10.0. The summed E-state index contributed by atoms with van der Waals surface area (Å²) in [5.74, 6) is -1.94. The molecule has 2 amide bonds. The van der Waals surface area contributed by atoms with Gasteiger partial charge in [0.15, 0.2) is 0 Å². The van der Waals surface area contributed by atoms with E-state index in [0.29, 0.717) is 13.1 Å². The van der Waals surface area contributed by atoms with E-state index in [9.17, 15) is 19.2 Å². The van der Waals surface area contributed by atoms with Gasteiger partial charge in [0.25, 0.3) is 11.8 Å². The molecule has 0 saturated heterocycles. The summed E-state index contributed by atoms with van der Waals surface area (Å²) in [5.41, 5.74) is 8.85. The maximum atomic E-state index is 12.9. The third-order valence-corrected chi connectivity index (χ3v) is 9.57. The van der Waals surface area contributed by atoms with Crippen LogP contribution in [-0.4, -0.2) is 34.5 Å². The van der Waals surface area contributed by atoms with Gasteiger partial charge in [0.1, 0.15) is 5.60 Å². The fourth-order valence-electron chi connectivity index (χ4n) is 6.56. The molecule has 272 valence electrons. The quantitative estimate of drug-likeness (QED) is 0.165. The Labute approximate surface area is 307 Å². The van der Waals surface area contributed by atoms with E-state index in [-0.39, 0.29) is 23.7 Å². The first kappa shape index (κ1) is 38.0. The second-order valence-corrected chi connectivity index (χ2v) is 14.8. The Bertz CT molecular complexity index is 1940. The Hall–Kier alpha value is -5.24. The first-order valence-electron chi connectivity index (χ1n) is 18.2. The van der Waals surface area contributed by atoms with Crippen LogP contribution in [0.1, 0.15) is 127 Å². The number of benzene rings is 4. The number of aliphatic carboxylic acids is 1. The summed E-state index contributed by atoms with van der Waals surface area (Å²) >= 11 is 0. The van der Waals surface area contributed by atoms with Crippen LogP contribution in [0.15, 0.2) is 84.9 Å². The highest BCUT2D eigenvalue weighted by molar-refractivity contribution is 6.10. The number of rotatable bonds is 10. The summed E-state index contributed by atoms with van der Waals surface area (Å²) in [7, 11) is 0. The largest absolute Gasteiger partial charge is 0.481 e. The van der Waals surface area contributed by atoms with Crippen molar-refractivity contribution in [2.24, 2.45) is 0 Å². The molecule has 6 rings (SSSR count). The zero-order chi connectivity index (χ0) is 37.7. The average molecular weight is 703 g/mol. The van der Waals surface area contributed by atoms with Crippen molar-refractivity contribution in [3.05, 3.63) is 129 Å². The summed E-state index contributed by atoms with van der Waals surface area (Å²) < 4.78 is 5.47. The third-order valence-electron chi connectivity index (χ3n) is 9.57. The molecule has 1 N–H and O–H groups in total. The van der Waals surface area contributed by atoms with Crippen molar-refractivity contribution in [3.63, 3.8) is 0 Å². The number of anilines is 2. The maximum absolute atomic E-state index is 12.9. The van der Waals surface area contributed by atoms with Gasteiger partial charge in [-0.25, -0.2) is 0 Å². The van der Waals surface area contributed by atoms with Crippen molar-refractivity contribution in [1.29, 1.82) is 0 Å². The zero-order valence-corrected chi connectivity index (χ0v) is 31.4. The zero-order valence-electron chi connectivity index (χ0n) is 31.4. The van der Waals surface area contributed by atoms with E-state index in [1.54, 1.807) is 28.9 Å². The normalized spacial score (nSPS) is 14.7. The van der Waals surface area contributed by atoms with Crippen LogP contribution >= 0.6 is 0 Å². The van der Waals surface area contributed by atoms with E-state index in [0.717, 1.165) is 70.4 Å². The van der Waals surface area contributed by atoms with Crippen LogP contribution in [-0.2, 0) is 40.3 Å². The van der Waals surface area contributed by atoms with Crippen LogP contribution in [0.2, 0.25) is 0 Å². The molecule has 0 saturated carbocycles. The minimum Gasteiger partial charge on any atom is -0.481 e. The lowest BCUT2D eigenvalue weighted by Crippen LogP contribution is -2.27. The lowest BCUT2D eigenvalue weighted by molar-refractivity contribution is -0.156. The van der Waals surface area contributed by atoms with E-state index in [1.165, 1.54) is 11.1 Å². The molecule has 0 aliphatic carbocycles. The van der Waals surface area contributed by atoms with Gasteiger partial charge in [0, 0.05) is 22.5 Å². The molecule has 4 aromatic rings. The van der Waals surface area contributed by atoms with Crippen LogP contribution in [0.25, 0.3) is 0 Å². The Morgan fingerprint density at radius 2 is 1.08 bits per heavy atom. The number of carbonyl (C=O) groups excluding carboxylic acids is 3. The summed E-state index contributed by atoms with van der Waals surface area (Å²) in [6, 6.07) is 27.2. The fourth-order valence-corrected chi connectivity index (χ4v) is 6.56. The Balaban J connectivity index is 0.000000203. The van der Waals surface area contributed by atoms with Crippen molar-refractivity contribution >= 4 is 35.1 Å². The van der Waals surface area contributed by atoms with Crippen molar-refractivity contribution in [1.82, 2.24) is 0 Å². The molecule has 2 aliphatic heterocycles. The van der Waals surface area contributed by atoms with Gasteiger partial charge in [0.2, 0.25) is 0 Å². The molecular weight excluding hydrogens is 652 g/mol. The van der Waals surface area contributed by atoms with Gasteiger partial charge < -0.3 is 19.6 Å². The molecule has 2 heterocycles. The third kappa shape index (κ3) is 8.61. The highest BCUT2D eigenvalue weighted by atomic mass is 16.6. The molecule has 0 spiro atoms. The molecule has 0 aromatic heterocycles. The lowest BCUT2D eigenvalue weighted by Gasteiger charge is -2.23. The molecule has 2 atom stereocenters. The van der Waals surface area contributed by atoms with E-state index in [1.807, 2.05) is 82.3 Å². The molecular formula is C44H50N2O6. The van der Waals surface area contributed by atoms with Crippen LogP contribution in [0, 0.1) is 0 Å². The van der Waals surface area contributed by atoms with Gasteiger partial charge in [-0.15, -0.1) is 0 Å². The number of fused-ring (bicyclic) bond motifs is 2. The number of amides is 2. The van der Waals surface area contributed by atoms with Crippen molar-refractivity contribution in [2.75, 3.05) is 9.80 Å². The number of nitrogens with zero attached hydrogens (tertiary/aromatic N) is 2. The first-order valence-corrected chi connectivity index (χ1v) is 18.2. The van der Waals surface area contributed by atoms with Gasteiger partial charge in [-0.2, -0.15) is 0 Å². The maximum Gasteiger partial charge on any atom is 0.313 e. The fraction of sp³-hybridized carbons (Fsp3) is 0.364. The molecule has 0 fully saturated rings. The number of aryl methyl sites for hydroxylation is 2. The van der Waals surface area contributed by atoms with Gasteiger partial charge in [0.05, 0.1) is 24.9 Å². The molecule has 4 aromatic carbocycles. The summed E-state index contributed by atoms with van der Waals surface area (Å²) in [6.07, 6.45) is 4.08. The van der Waals surface area contributed by atoms with Gasteiger partial charge in [-0.3, -0.25) is 19.2 Å². The average Bonchev–Trinajstić information content (AvgIpc) is 3.63. The second-order valence-electron chi connectivity index (χ2n) is 14.8. The van der Waals surface area contributed by atoms with E-state index >= 15 is 0 Å². The van der Waals surface area contributed by atoms with Crippen LogP contribution in [0.4, 0.5) is 11.4 Å². The summed E-state index contributed by atoms with van der Waals surface area (Å²) in [5, 5.41) is 9.08. The monoisotopic (exact) mass is 702 g/mol. The van der Waals surface area contributed by atoms with Crippen molar-refractivity contribution < 1.29 is 29.0 Å². The number of carboxylic acid groups (broad SMARTS) is 1. The molecule has 0 bridgehead atoms. The minimum atomic E-state index is -0.851. The topological polar surface area (TPSA) is 104 Å².